The van der Waals surface area contributed by atoms with Crippen LogP contribution in [0.25, 0.3) is 0 Å². The largest absolute Gasteiger partial charge is 0.461 e. The summed E-state index contributed by atoms with van der Waals surface area (Å²) in [5.41, 5.74) is 1.28. The zero-order valence-electron chi connectivity index (χ0n) is 17.1. The second-order valence-electron chi connectivity index (χ2n) is 9.24. The summed E-state index contributed by atoms with van der Waals surface area (Å²) in [6, 6.07) is 7.40. The molecule has 5 rings (SSSR count). The van der Waals surface area contributed by atoms with Gasteiger partial charge >= 0.3 is 5.97 Å². The summed E-state index contributed by atoms with van der Waals surface area (Å²) >= 11 is 3.64. The maximum atomic E-state index is 13.0. The lowest BCUT2D eigenvalue weighted by atomic mass is 9.79. The molecule has 6 atom stereocenters. The number of hydrogen-bond donors (Lipinski definition) is 1. The molecule has 4 fully saturated rings. The first-order chi connectivity index (χ1) is 14.5. The Morgan fingerprint density at radius 3 is 2.50 bits per heavy atom. The average Bonchev–Trinajstić information content (AvgIpc) is 3.38. The molecule has 1 aliphatic heterocycles. The molecule has 3 aliphatic carbocycles. The zero-order chi connectivity index (χ0) is 21.0. The summed E-state index contributed by atoms with van der Waals surface area (Å²) in [5.74, 6) is -0.744. The Hall–Kier alpha value is -1.89. The molecule has 2 amide bonds. The van der Waals surface area contributed by atoms with Crippen molar-refractivity contribution in [3.8, 4) is 0 Å². The van der Waals surface area contributed by atoms with E-state index in [1.165, 1.54) is 19.3 Å². The predicted molar refractivity (Wildman–Crippen MR) is 115 cm³/mol. The van der Waals surface area contributed by atoms with Gasteiger partial charge in [0, 0.05) is 30.3 Å². The van der Waals surface area contributed by atoms with Gasteiger partial charge in [-0.3, -0.25) is 14.4 Å². The van der Waals surface area contributed by atoms with Crippen molar-refractivity contribution >= 4 is 39.4 Å². The van der Waals surface area contributed by atoms with E-state index in [2.05, 4.69) is 21.2 Å². The van der Waals surface area contributed by atoms with Gasteiger partial charge in [-0.2, -0.15) is 0 Å². The second kappa shape index (κ2) is 7.66. The lowest BCUT2D eigenvalue weighted by molar-refractivity contribution is -0.145. The summed E-state index contributed by atoms with van der Waals surface area (Å²) < 4.78 is 5.49. The first-order valence-corrected chi connectivity index (χ1v) is 11.9. The highest BCUT2D eigenvalue weighted by atomic mass is 79.9. The van der Waals surface area contributed by atoms with Crippen molar-refractivity contribution in [1.82, 2.24) is 4.90 Å². The van der Waals surface area contributed by atoms with Crippen molar-refractivity contribution in [3.05, 3.63) is 29.8 Å². The van der Waals surface area contributed by atoms with Crippen LogP contribution in [-0.2, 0) is 14.3 Å². The summed E-state index contributed by atoms with van der Waals surface area (Å²) in [7, 11) is 1.88. The van der Waals surface area contributed by atoms with Crippen molar-refractivity contribution in [1.29, 1.82) is 0 Å². The van der Waals surface area contributed by atoms with E-state index in [-0.39, 0.29) is 52.4 Å². The van der Waals surface area contributed by atoms with Crippen molar-refractivity contribution in [3.63, 3.8) is 0 Å². The number of amides is 2. The summed E-state index contributed by atoms with van der Waals surface area (Å²) in [6.45, 7) is 0. The van der Waals surface area contributed by atoms with Gasteiger partial charge in [-0.1, -0.05) is 35.2 Å². The van der Waals surface area contributed by atoms with Gasteiger partial charge in [0.1, 0.15) is 6.10 Å². The Bertz CT molecular complexity index is 866. The molecule has 1 aromatic rings. The molecule has 2 bridgehead atoms. The number of halogens is 1. The van der Waals surface area contributed by atoms with E-state index in [0.717, 1.165) is 19.3 Å². The molecular weight excluding hydrogens is 448 g/mol. The lowest BCUT2D eigenvalue weighted by Gasteiger charge is -2.31. The Labute approximate surface area is 184 Å². The third kappa shape index (κ3) is 3.17. The van der Waals surface area contributed by atoms with Crippen LogP contribution in [0.15, 0.2) is 24.3 Å². The van der Waals surface area contributed by atoms with Crippen LogP contribution in [0.4, 0.5) is 5.69 Å². The number of fused-ring (bicyclic) bond motifs is 1. The number of carbonyl (C=O) groups is 3. The van der Waals surface area contributed by atoms with E-state index in [1.807, 2.05) is 11.9 Å². The fourth-order valence-corrected chi connectivity index (χ4v) is 7.13. The number of anilines is 1. The van der Waals surface area contributed by atoms with Crippen LogP contribution in [0, 0.1) is 23.7 Å². The number of rotatable bonds is 4. The molecule has 1 aromatic carbocycles. The molecular formula is C23H27BrN2O4. The maximum absolute atomic E-state index is 13.0. The molecule has 0 unspecified atom stereocenters. The van der Waals surface area contributed by atoms with Gasteiger partial charge in [-0.15, -0.1) is 0 Å². The zero-order valence-corrected chi connectivity index (χ0v) is 18.6. The van der Waals surface area contributed by atoms with Crippen LogP contribution in [0.5, 0.6) is 0 Å². The minimum absolute atomic E-state index is 0.0229. The quantitative estimate of drug-likeness (QED) is 0.534. The number of hydrogen-bond acceptors (Lipinski definition) is 4. The van der Waals surface area contributed by atoms with E-state index < -0.39 is 0 Å². The molecule has 0 aromatic heterocycles. The van der Waals surface area contributed by atoms with E-state index >= 15 is 0 Å². The second-order valence-corrected chi connectivity index (χ2v) is 10.3. The highest BCUT2D eigenvalue weighted by Crippen LogP contribution is 2.60. The number of carbonyl (C=O) groups excluding carboxylic acids is 3. The maximum Gasteiger partial charge on any atom is 0.310 e. The lowest BCUT2D eigenvalue weighted by Crippen LogP contribution is -2.40. The Morgan fingerprint density at radius 1 is 1.10 bits per heavy atom. The Morgan fingerprint density at radius 2 is 1.80 bits per heavy atom. The van der Waals surface area contributed by atoms with Crippen LogP contribution < -0.4 is 5.32 Å². The van der Waals surface area contributed by atoms with Crippen LogP contribution in [0.2, 0.25) is 0 Å². The number of nitrogens with one attached hydrogen (secondary N) is 1. The molecule has 1 heterocycles. The average molecular weight is 475 g/mol. The Kier molecular flexibility index (Phi) is 5.12. The number of ether oxygens (including phenoxy) is 1. The number of esters is 1. The number of benzene rings is 1. The minimum atomic E-state index is -0.357. The standard InChI is InChI=1S/C23H27BrN2O4/c1-26(14-5-3-2-4-6-14)22(28)12-7-9-13(10-8-12)25-21(27)17-15-11-16-18(17)23(29)30-20(16)19(15)24/h7-10,14-20H,2-6,11H2,1H3,(H,25,27)/t15-,16-,17-,18+,19-,20+/m1/s1. The van der Waals surface area contributed by atoms with Crippen LogP contribution >= 0.6 is 15.9 Å². The monoisotopic (exact) mass is 474 g/mol. The van der Waals surface area contributed by atoms with Gasteiger partial charge in [0.15, 0.2) is 0 Å². The first kappa shape index (κ1) is 20.0. The van der Waals surface area contributed by atoms with Gasteiger partial charge in [-0.25, -0.2) is 0 Å². The molecule has 6 nitrogen and oxygen atoms in total. The van der Waals surface area contributed by atoms with E-state index in [1.54, 1.807) is 24.3 Å². The van der Waals surface area contributed by atoms with Crippen LogP contribution in [-0.4, -0.2) is 46.7 Å². The first-order valence-electron chi connectivity index (χ1n) is 11.0. The Balaban J connectivity index is 1.25. The third-order valence-electron chi connectivity index (χ3n) is 7.67. The molecule has 0 radical (unpaired) electrons. The van der Waals surface area contributed by atoms with Crippen molar-refractivity contribution < 1.29 is 19.1 Å². The third-order valence-corrected chi connectivity index (χ3v) is 8.87. The normalized spacial score (nSPS) is 34.7. The molecule has 1 N–H and O–H groups in total. The van der Waals surface area contributed by atoms with Crippen molar-refractivity contribution in [2.75, 3.05) is 12.4 Å². The summed E-state index contributed by atoms with van der Waals surface area (Å²) in [5, 5.41) is 2.96. The van der Waals surface area contributed by atoms with E-state index in [9.17, 15) is 14.4 Å². The topological polar surface area (TPSA) is 75.7 Å². The molecule has 0 spiro atoms. The molecule has 1 saturated heterocycles. The fraction of sp³-hybridized carbons (Fsp3) is 0.609. The van der Waals surface area contributed by atoms with Crippen molar-refractivity contribution in [2.24, 2.45) is 23.7 Å². The number of alkyl halides is 1. The summed E-state index contributed by atoms with van der Waals surface area (Å²) in [4.78, 5) is 40.0. The van der Waals surface area contributed by atoms with E-state index in [0.29, 0.717) is 17.3 Å². The van der Waals surface area contributed by atoms with Gasteiger partial charge in [-0.05, 0) is 49.4 Å². The highest BCUT2D eigenvalue weighted by Gasteiger charge is 2.67. The minimum Gasteiger partial charge on any atom is -0.461 e. The number of nitrogens with zero attached hydrogens (tertiary/aromatic N) is 1. The fourth-order valence-electron chi connectivity index (χ4n) is 6.09. The van der Waals surface area contributed by atoms with Gasteiger partial charge in [0.25, 0.3) is 5.91 Å². The van der Waals surface area contributed by atoms with Crippen molar-refractivity contribution in [2.45, 2.75) is 55.5 Å². The summed E-state index contributed by atoms with van der Waals surface area (Å²) in [6.07, 6.45) is 6.53. The molecule has 7 heteroatoms. The predicted octanol–water partition coefficient (Wildman–Crippen LogP) is 3.60. The van der Waals surface area contributed by atoms with Gasteiger partial charge in [0.2, 0.25) is 5.91 Å². The smallest absolute Gasteiger partial charge is 0.310 e. The molecule has 4 aliphatic rings. The molecule has 160 valence electrons. The van der Waals surface area contributed by atoms with Gasteiger partial charge in [0.05, 0.1) is 16.7 Å². The molecule has 3 saturated carbocycles. The SMILES string of the molecule is CN(C(=O)c1ccc(NC(=O)[C@@H]2[C@H]3C[C@H]4[C@H](OC(=O)[C@@H]42)[C@@H]3Br)cc1)C1CCCCC1. The highest BCUT2D eigenvalue weighted by molar-refractivity contribution is 9.09. The molecule has 30 heavy (non-hydrogen) atoms. The van der Waals surface area contributed by atoms with Gasteiger partial charge < -0.3 is 15.0 Å². The van der Waals surface area contributed by atoms with E-state index in [4.69, 9.17) is 4.74 Å². The van der Waals surface area contributed by atoms with Crippen LogP contribution in [0.3, 0.4) is 0 Å². The van der Waals surface area contributed by atoms with Crippen LogP contribution in [0.1, 0.15) is 48.9 Å².